The zero-order valence-corrected chi connectivity index (χ0v) is 13.2. The van der Waals surface area contributed by atoms with E-state index in [1.54, 1.807) is 0 Å². The van der Waals surface area contributed by atoms with Crippen LogP contribution >= 0.6 is 0 Å². The SMILES string of the molecule is CC(C)CC(O)CNC(=O)C1CCc2[nH]nc(C(F)(F)F)c2C1. The number of carbonyl (C=O) groups is 1. The molecule has 5 nitrogen and oxygen atoms in total. The van der Waals surface area contributed by atoms with Crippen molar-refractivity contribution in [3.05, 3.63) is 17.0 Å². The van der Waals surface area contributed by atoms with Crippen LogP contribution in [0.4, 0.5) is 13.2 Å². The fourth-order valence-electron chi connectivity index (χ4n) is 2.94. The van der Waals surface area contributed by atoms with Crippen molar-refractivity contribution in [2.45, 2.75) is 51.8 Å². The van der Waals surface area contributed by atoms with Crippen molar-refractivity contribution in [3.8, 4) is 0 Å². The number of aromatic amines is 1. The minimum absolute atomic E-state index is 0.0206. The molecule has 0 fully saturated rings. The molecule has 1 aliphatic carbocycles. The van der Waals surface area contributed by atoms with Gasteiger partial charge >= 0.3 is 6.18 Å². The van der Waals surface area contributed by atoms with E-state index in [-0.39, 0.29) is 24.4 Å². The predicted octanol–water partition coefficient (Wildman–Crippen LogP) is 2.06. The third kappa shape index (κ3) is 4.46. The molecular formula is C15H22F3N3O2. The Kier molecular flexibility index (Phi) is 5.33. The Labute approximate surface area is 132 Å². The van der Waals surface area contributed by atoms with Crippen molar-refractivity contribution in [2.75, 3.05) is 6.54 Å². The highest BCUT2D eigenvalue weighted by Gasteiger charge is 2.40. The molecule has 23 heavy (non-hydrogen) atoms. The molecule has 2 unspecified atom stereocenters. The highest BCUT2D eigenvalue weighted by Crippen LogP contribution is 2.36. The van der Waals surface area contributed by atoms with Gasteiger partial charge in [-0.2, -0.15) is 18.3 Å². The molecule has 1 heterocycles. The lowest BCUT2D eigenvalue weighted by molar-refractivity contribution is -0.142. The molecule has 1 aliphatic rings. The van der Waals surface area contributed by atoms with Crippen LogP contribution < -0.4 is 5.32 Å². The van der Waals surface area contributed by atoms with Gasteiger partial charge in [-0.3, -0.25) is 9.89 Å². The molecule has 1 aromatic heterocycles. The van der Waals surface area contributed by atoms with Gasteiger partial charge in [0.1, 0.15) is 0 Å². The summed E-state index contributed by atoms with van der Waals surface area (Å²) in [6.45, 7) is 4.05. The summed E-state index contributed by atoms with van der Waals surface area (Å²) >= 11 is 0. The van der Waals surface area contributed by atoms with E-state index in [2.05, 4.69) is 15.5 Å². The molecule has 1 amide bonds. The summed E-state index contributed by atoms with van der Waals surface area (Å²) in [5, 5.41) is 18.2. The van der Waals surface area contributed by atoms with Crippen LogP contribution in [0.1, 0.15) is 43.6 Å². The molecule has 0 aromatic carbocycles. The second-order valence-electron chi connectivity index (χ2n) is 6.50. The first-order valence-electron chi connectivity index (χ1n) is 7.77. The predicted molar refractivity (Wildman–Crippen MR) is 77.6 cm³/mol. The van der Waals surface area contributed by atoms with Gasteiger partial charge < -0.3 is 10.4 Å². The van der Waals surface area contributed by atoms with E-state index in [0.717, 1.165) is 0 Å². The number of nitrogens with zero attached hydrogens (tertiary/aromatic N) is 1. The highest BCUT2D eigenvalue weighted by molar-refractivity contribution is 5.79. The van der Waals surface area contributed by atoms with E-state index in [4.69, 9.17) is 0 Å². The Hall–Kier alpha value is -1.57. The molecule has 0 aliphatic heterocycles. The Morgan fingerprint density at radius 2 is 2.17 bits per heavy atom. The quantitative estimate of drug-likeness (QED) is 0.772. The second-order valence-corrected chi connectivity index (χ2v) is 6.50. The molecule has 0 radical (unpaired) electrons. The van der Waals surface area contributed by atoms with Crippen molar-refractivity contribution < 1.29 is 23.1 Å². The fraction of sp³-hybridized carbons (Fsp3) is 0.733. The van der Waals surface area contributed by atoms with Crippen LogP contribution in [0.15, 0.2) is 0 Å². The maximum Gasteiger partial charge on any atom is 0.435 e. The average Bonchev–Trinajstić information content (AvgIpc) is 2.86. The average molecular weight is 333 g/mol. The molecule has 2 atom stereocenters. The smallest absolute Gasteiger partial charge is 0.391 e. The van der Waals surface area contributed by atoms with Crippen LogP contribution in [0.2, 0.25) is 0 Å². The van der Waals surface area contributed by atoms with E-state index in [0.29, 0.717) is 30.9 Å². The Balaban J connectivity index is 1.96. The highest BCUT2D eigenvalue weighted by atomic mass is 19.4. The molecule has 2 rings (SSSR count). The number of nitrogens with one attached hydrogen (secondary N) is 2. The van der Waals surface area contributed by atoms with Crippen LogP contribution in [-0.4, -0.2) is 33.9 Å². The molecule has 0 saturated heterocycles. The summed E-state index contributed by atoms with van der Waals surface area (Å²) < 4.78 is 38.7. The number of rotatable bonds is 5. The number of carbonyl (C=O) groups excluding carboxylic acids is 1. The number of alkyl halides is 3. The Morgan fingerprint density at radius 3 is 2.78 bits per heavy atom. The van der Waals surface area contributed by atoms with Gasteiger partial charge in [0.15, 0.2) is 5.69 Å². The largest absolute Gasteiger partial charge is 0.435 e. The first kappa shape index (κ1) is 17.8. The third-order valence-electron chi connectivity index (χ3n) is 4.04. The lowest BCUT2D eigenvalue weighted by Gasteiger charge is -2.23. The Bertz CT molecular complexity index is 555. The molecule has 8 heteroatoms. The van der Waals surface area contributed by atoms with E-state index < -0.39 is 23.9 Å². The summed E-state index contributed by atoms with van der Waals surface area (Å²) in [6, 6.07) is 0. The van der Waals surface area contributed by atoms with Gasteiger partial charge in [0, 0.05) is 23.7 Å². The number of aryl methyl sites for hydroxylation is 1. The number of aliphatic hydroxyl groups excluding tert-OH is 1. The molecular weight excluding hydrogens is 311 g/mol. The number of halogens is 3. The molecule has 3 N–H and O–H groups in total. The number of H-pyrrole nitrogens is 1. The topological polar surface area (TPSA) is 78.0 Å². The van der Waals surface area contributed by atoms with E-state index in [1.807, 2.05) is 13.8 Å². The van der Waals surface area contributed by atoms with Gasteiger partial charge in [-0.15, -0.1) is 0 Å². The first-order chi connectivity index (χ1) is 10.7. The third-order valence-corrected chi connectivity index (χ3v) is 4.04. The van der Waals surface area contributed by atoms with Crippen LogP contribution in [0, 0.1) is 11.8 Å². The van der Waals surface area contributed by atoms with Crippen molar-refractivity contribution in [3.63, 3.8) is 0 Å². The Morgan fingerprint density at radius 1 is 1.48 bits per heavy atom. The summed E-state index contributed by atoms with van der Waals surface area (Å²) in [7, 11) is 0. The maximum absolute atomic E-state index is 12.9. The van der Waals surface area contributed by atoms with Crippen molar-refractivity contribution in [2.24, 2.45) is 11.8 Å². The standard InChI is InChI=1S/C15H22F3N3O2/c1-8(2)5-10(22)7-19-14(23)9-3-4-12-11(6-9)13(21-20-12)15(16,17)18/h8-10,22H,3-7H2,1-2H3,(H,19,23)(H,20,21). The van der Waals surface area contributed by atoms with Crippen LogP contribution in [-0.2, 0) is 23.8 Å². The second kappa shape index (κ2) is 6.90. The minimum Gasteiger partial charge on any atom is -0.391 e. The molecule has 130 valence electrons. The molecule has 0 saturated carbocycles. The normalized spacial score (nSPS) is 19.5. The minimum atomic E-state index is -4.52. The number of hydrogen-bond donors (Lipinski definition) is 3. The lowest BCUT2D eigenvalue weighted by Crippen LogP contribution is -2.38. The molecule has 0 spiro atoms. The van der Waals surface area contributed by atoms with Gasteiger partial charge in [0.05, 0.1) is 6.10 Å². The number of hydrogen-bond acceptors (Lipinski definition) is 3. The van der Waals surface area contributed by atoms with Gasteiger partial charge in [-0.05, 0) is 31.6 Å². The van der Waals surface area contributed by atoms with Gasteiger partial charge in [0.25, 0.3) is 0 Å². The number of amides is 1. The summed E-state index contributed by atoms with van der Waals surface area (Å²) in [5.41, 5.74) is -0.377. The number of fused-ring (bicyclic) bond motifs is 1. The van der Waals surface area contributed by atoms with Gasteiger partial charge in [-0.1, -0.05) is 13.8 Å². The number of aliphatic hydroxyl groups is 1. The molecule has 1 aromatic rings. The van der Waals surface area contributed by atoms with E-state index >= 15 is 0 Å². The van der Waals surface area contributed by atoms with Crippen LogP contribution in [0.5, 0.6) is 0 Å². The summed E-state index contributed by atoms with van der Waals surface area (Å²) in [6.07, 6.45) is -3.74. The lowest BCUT2D eigenvalue weighted by atomic mass is 9.85. The molecule has 0 bridgehead atoms. The van der Waals surface area contributed by atoms with E-state index in [1.165, 1.54) is 0 Å². The first-order valence-corrected chi connectivity index (χ1v) is 7.77. The fourth-order valence-corrected chi connectivity index (χ4v) is 2.94. The van der Waals surface area contributed by atoms with Crippen LogP contribution in [0.25, 0.3) is 0 Å². The zero-order chi connectivity index (χ0) is 17.2. The monoisotopic (exact) mass is 333 g/mol. The van der Waals surface area contributed by atoms with Gasteiger partial charge in [-0.25, -0.2) is 0 Å². The summed E-state index contributed by atoms with van der Waals surface area (Å²) in [5.74, 6) is -0.528. The maximum atomic E-state index is 12.9. The zero-order valence-electron chi connectivity index (χ0n) is 13.2. The van der Waals surface area contributed by atoms with Crippen molar-refractivity contribution in [1.29, 1.82) is 0 Å². The van der Waals surface area contributed by atoms with Crippen molar-refractivity contribution in [1.82, 2.24) is 15.5 Å². The van der Waals surface area contributed by atoms with Crippen LogP contribution in [0.3, 0.4) is 0 Å². The van der Waals surface area contributed by atoms with Gasteiger partial charge in [0.2, 0.25) is 5.91 Å². The van der Waals surface area contributed by atoms with Crippen molar-refractivity contribution >= 4 is 5.91 Å². The summed E-state index contributed by atoms with van der Waals surface area (Å²) in [4.78, 5) is 12.1. The number of aromatic nitrogens is 2. The van der Waals surface area contributed by atoms with E-state index in [9.17, 15) is 23.1 Å².